The van der Waals surface area contributed by atoms with E-state index in [-0.39, 0.29) is 21.7 Å². The van der Waals surface area contributed by atoms with Crippen molar-refractivity contribution in [3.8, 4) is 0 Å². The predicted molar refractivity (Wildman–Crippen MR) is 106 cm³/mol. The molecule has 0 radical (unpaired) electrons. The Morgan fingerprint density at radius 1 is 1.00 bits per heavy atom. The van der Waals surface area contributed by atoms with E-state index in [0.29, 0.717) is 12.2 Å². The standard InChI is InChI=1S/C19H24FN5O2S/c20-14-6-8-15(9-7-14)22-17(27)19-24-23-18(28-19)16(26)21-10-5-13-25-11-3-1-2-4-12-25/h6-9H,1-5,10-13H2,(H,21,26)(H,22,27). The molecule has 150 valence electrons. The summed E-state index contributed by atoms with van der Waals surface area (Å²) >= 11 is 0.930. The van der Waals surface area contributed by atoms with Crippen molar-refractivity contribution >= 4 is 28.8 Å². The first-order valence-electron chi connectivity index (χ1n) is 9.53. The molecule has 0 saturated carbocycles. The maximum Gasteiger partial charge on any atom is 0.286 e. The third kappa shape index (κ3) is 6.07. The Morgan fingerprint density at radius 3 is 2.32 bits per heavy atom. The van der Waals surface area contributed by atoms with Crippen LogP contribution in [0.3, 0.4) is 0 Å². The molecular weight excluding hydrogens is 381 g/mol. The molecule has 1 aliphatic rings. The number of halogens is 1. The molecule has 1 fully saturated rings. The third-order valence-electron chi connectivity index (χ3n) is 4.55. The summed E-state index contributed by atoms with van der Waals surface area (Å²) in [5, 5.41) is 13.2. The van der Waals surface area contributed by atoms with Gasteiger partial charge in [0.1, 0.15) is 5.82 Å². The number of rotatable bonds is 7. The second kappa shape index (κ2) is 10.2. The first kappa shape index (κ1) is 20.3. The van der Waals surface area contributed by atoms with E-state index in [9.17, 15) is 14.0 Å². The third-order valence-corrected chi connectivity index (χ3v) is 5.47. The van der Waals surface area contributed by atoms with Crippen LogP contribution >= 0.6 is 11.3 Å². The van der Waals surface area contributed by atoms with Crippen molar-refractivity contribution < 1.29 is 14.0 Å². The Kier molecular flexibility index (Phi) is 7.44. The Balaban J connectivity index is 1.42. The molecular formula is C19H24FN5O2S. The second-order valence-electron chi connectivity index (χ2n) is 6.74. The van der Waals surface area contributed by atoms with Gasteiger partial charge in [0.05, 0.1) is 0 Å². The number of nitrogens with zero attached hydrogens (tertiary/aromatic N) is 3. The number of benzene rings is 1. The minimum Gasteiger partial charge on any atom is -0.350 e. The molecule has 0 unspecified atom stereocenters. The van der Waals surface area contributed by atoms with Crippen molar-refractivity contribution in [2.24, 2.45) is 0 Å². The molecule has 2 amide bonds. The number of carbonyl (C=O) groups excluding carboxylic acids is 2. The van der Waals surface area contributed by atoms with E-state index >= 15 is 0 Å². The van der Waals surface area contributed by atoms with Crippen LogP contribution in [-0.2, 0) is 0 Å². The first-order valence-corrected chi connectivity index (χ1v) is 10.3. The van der Waals surface area contributed by atoms with Gasteiger partial charge in [-0.3, -0.25) is 9.59 Å². The van der Waals surface area contributed by atoms with Gasteiger partial charge in [0.15, 0.2) is 0 Å². The van der Waals surface area contributed by atoms with Crippen LogP contribution in [0.4, 0.5) is 10.1 Å². The highest BCUT2D eigenvalue weighted by Gasteiger charge is 2.17. The fraction of sp³-hybridized carbons (Fsp3) is 0.474. The zero-order valence-electron chi connectivity index (χ0n) is 15.6. The highest BCUT2D eigenvalue weighted by molar-refractivity contribution is 7.15. The van der Waals surface area contributed by atoms with E-state index in [0.717, 1.165) is 37.4 Å². The minimum atomic E-state index is -0.482. The van der Waals surface area contributed by atoms with Gasteiger partial charge < -0.3 is 15.5 Å². The molecule has 0 bridgehead atoms. The highest BCUT2D eigenvalue weighted by Crippen LogP contribution is 2.14. The number of aromatic nitrogens is 2. The number of amides is 2. The zero-order chi connectivity index (χ0) is 19.8. The monoisotopic (exact) mass is 405 g/mol. The Bertz CT molecular complexity index is 788. The fourth-order valence-corrected chi connectivity index (χ4v) is 3.72. The topological polar surface area (TPSA) is 87.2 Å². The van der Waals surface area contributed by atoms with E-state index in [2.05, 4.69) is 25.7 Å². The first-order chi connectivity index (χ1) is 13.6. The van der Waals surface area contributed by atoms with Gasteiger partial charge in [0.25, 0.3) is 11.8 Å². The molecule has 0 aliphatic carbocycles. The Hall–Kier alpha value is -2.39. The molecule has 3 rings (SSSR count). The van der Waals surface area contributed by atoms with Crippen LogP contribution in [0, 0.1) is 5.82 Å². The maximum absolute atomic E-state index is 12.9. The van der Waals surface area contributed by atoms with Gasteiger partial charge in [-0.2, -0.15) is 0 Å². The van der Waals surface area contributed by atoms with Crippen molar-refractivity contribution in [1.29, 1.82) is 0 Å². The molecule has 0 atom stereocenters. The number of anilines is 1. The minimum absolute atomic E-state index is 0.0824. The zero-order valence-corrected chi connectivity index (χ0v) is 16.4. The second-order valence-corrected chi connectivity index (χ2v) is 7.72. The molecule has 2 heterocycles. The maximum atomic E-state index is 12.9. The lowest BCUT2D eigenvalue weighted by Crippen LogP contribution is -2.30. The van der Waals surface area contributed by atoms with Crippen molar-refractivity contribution in [2.75, 3.05) is 31.5 Å². The van der Waals surface area contributed by atoms with Crippen LogP contribution in [0.5, 0.6) is 0 Å². The lowest BCUT2D eigenvalue weighted by molar-refractivity contribution is 0.0949. The summed E-state index contributed by atoms with van der Waals surface area (Å²) in [5.41, 5.74) is 0.445. The summed E-state index contributed by atoms with van der Waals surface area (Å²) in [6.45, 7) is 3.81. The van der Waals surface area contributed by atoms with Gasteiger partial charge in [0, 0.05) is 12.2 Å². The molecule has 2 aromatic rings. The van der Waals surface area contributed by atoms with Gasteiger partial charge in [-0.1, -0.05) is 24.2 Å². The number of likely N-dealkylation sites (tertiary alicyclic amines) is 1. The summed E-state index contributed by atoms with van der Waals surface area (Å²) in [6, 6.07) is 5.40. The van der Waals surface area contributed by atoms with E-state index < -0.39 is 5.91 Å². The average Bonchev–Trinajstić information content (AvgIpc) is 3.05. The van der Waals surface area contributed by atoms with Crippen molar-refractivity contribution in [1.82, 2.24) is 20.4 Å². The number of nitrogens with one attached hydrogen (secondary N) is 2. The molecule has 1 saturated heterocycles. The largest absolute Gasteiger partial charge is 0.350 e. The highest BCUT2D eigenvalue weighted by atomic mass is 32.1. The van der Waals surface area contributed by atoms with E-state index in [1.54, 1.807) is 0 Å². The molecule has 2 N–H and O–H groups in total. The smallest absolute Gasteiger partial charge is 0.286 e. The van der Waals surface area contributed by atoms with Crippen LogP contribution in [0.1, 0.15) is 51.7 Å². The molecule has 7 nitrogen and oxygen atoms in total. The number of carbonyl (C=O) groups is 2. The van der Waals surface area contributed by atoms with Gasteiger partial charge in [-0.15, -0.1) is 10.2 Å². The lowest BCUT2D eigenvalue weighted by atomic mass is 10.2. The summed E-state index contributed by atoms with van der Waals surface area (Å²) in [6.07, 6.45) is 5.99. The predicted octanol–water partition coefficient (Wildman–Crippen LogP) is 2.93. The summed E-state index contributed by atoms with van der Waals surface area (Å²) in [5.74, 6) is -1.19. The van der Waals surface area contributed by atoms with Crippen LogP contribution in [0.15, 0.2) is 24.3 Å². The van der Waals surface area contributed by atoms with Gasteiger partial charge in [0.2, 0.25) is 10.0 Å². The number of hydrogen-bond donors (Lipinski definition) is 2. The summed E-state index contributed by atoms with van der Waals surface area (Å²) in [7, 11) is 0. The fourth-order valence-electron chi connectivity index (χ4n) is 3.06. The van der Waals surface area contributed by atoms with Gasteiger partial charge >= 0.3 is 0 Å². The van der Waals surface area contributed by atoms with Crippen LogP contribution < -0.4 is 10.6 Å². The van der Waals surface area contributed by atoms with Crippen LogP contribution in [-0.4, -0.2) is 53.1 Å². The van der Waals surface area contributed by atoms with Gasteiger partial charge in [-0.05, 0) is 63.2 Å². The van der Waals surface area contributed by atoms with E-state index in [4.69, 9.17) is 0 Å². The molecule has 0 spiro atoms. The average molecular weight is 405 g/mol. The lowest BCUT2D eigenvalue weighted by Gasteiger charge is -2.19. The van der Waals surface area contributed by atoms with Gasteiger partial charge in [-0.25, -0.2) is 4.39 Å². The molecule has 1 aromatic heterocycles. The summed E-state index contributed by atoms with van der Waals surface area (Å²) < 4.78 is 12.9. The van der Waals surface area contributed by atoms with E-state index in [1.807, 2.05) is 0 Å². The molecule has 1 aromatic carbocycles. The molecule has 28 heavy (non-hydrogen) atoms. The van der Waals surface area contributed by atoms with Crippen molar-refractivity contribution in [3.05, 3.63) is 40.1 Å². The van der Waals surface area contributed by atoms with Crippen LogP contribution in [0.25, 0.3) is 0 Å². The SMILES string of the molecule is O=C(NCCCN1CCCCCC1)c1nnc(C(=O)Nc2ccc(F)cc2)s1. The molecule has 1 aliphatic heterocycles. The summed E-state index contributed by atoms with van der Waals surface area (Å²) in [4.78, 5) is 26.8. The number of hydrogen-bond acceptors (Lipinski definition) is 6. The van der Waals surface area contributed by atoms with Crippen LogP contribution in [0.2, 0.25) is 0 Å². The Morgan fingerprint density at radius 2 is 1.64 bits per heavy atom. The van der Waals surface area contributed by atoms with Crippen molar-refractivity contribution in [3.63, 3.8) is 0 Å². The quantitative estimate of drug-likeness (QED) is 0.692. The Labute approximate surface area is 167 Å². The normalized spacial score (nSPS) is 15.0. The molecule has 9 heteroatoms. The van der Waals surface area contributed by atoms with Crippen molar-refractivity contribution in [2.45, 2.75) is 32.1 Å². The van der Waals surface area contributed by atoms with E-state index in [1.165, 1.54) is 49.9 Å².